The molecule has 2 aromatic rings. The zero-order chi connectivity index (χ0) is 14.8. The quantitative estimate of drug-likeness (QED) is 0.922. The smallest absolute Gasteiger partial charge is 0.295 e. The lowest BCUT2D eigenvalue weighted by Gasteiger charge is -2.13. The number of carbonyl (C=O) groups is 1. The molecule has 1 amide bonds. The highest BCUT2D eigenvalue weighted by Gasteiger charge is 2.25. The van der Waals surface area contributed by atoms with Crippen molar-refractivity contribution < 1.29 is 9.32 Å². The molecule has 1 atom stereocenters. The fourth-order valence-corrected chi connectivity index (χ4v) is 3.12. The maximum absolute atomic E-state index is 12.3. The number of amides is 1. The van der Waals surface area contributed by atoms with E-state index < -0.39 is 0 Å². The summed E-state index contributed by atoms with van der Waals surface area (Å²) in [5.74, 6) is 0.373. The van der Waals surface area contributed by atoms with Gasteiger partial charge >= 0.3 is 0 Å². The zero-order valence-corrected chi connectivity index (χ0v) is 12.8. The molecule has 0 aliphatic carbocycles. The van der Waals surface area contributed by atoms with Crippen LogP contribution in [0, 0.1) is 6.92 Å². The number of carbonyl (C=O) groups excluding carboxylic acids is 1. The Labute approximate surface area is 126 Å². The molecule has 1 fully saturated rings. The summed E-state index contributed by atoms with van der Waals surface area (Å²) in [6.07, 6.45) is 2.05. The van der Waals surface area contributed by atoms with Crippen LogP contribution >= 0.6 is 11.3 Å². The van der Waals surface area contributed by atoms with Crippen LogP contribution in [0.25, 0.3) is 0 Å². The molecule has 1 unspecified atom stereocenters. The average Bonchev–Trinajstić information content (AvgIpc) is 3.18. The van der Waals surface area contributed by atoms with Gasteiger partial charge < -0.3 is 14.7 Å². The third-order valence-electron chi connectivity index (χ3n) is 3.56. The molecular weight excluding hydrogens is 290 g/mol. The second-order valence-corrected chi connectivity index (χ2v) is 6.07. The molecule has 0 radical (unpaired) electrons. The minimum Gasteiger partial charge on any atom is -0.337 e. The lowest BCUT2D eigenvalue weighted by Crippen LogP contribution is -2.27. The number of rotatable bonds is 4. The molecule has 1 N–H and O–H groups in total. The van der Waals surface area contributed by atoms with E-state index in [4.69, 9.17) is 4.52 Å². The minimum atomic E-state index is -0.240. The SMILES string of the molecule is Cc1ncsc1CN(C)C(=O)c1noc(C2CCCN2)n1. The number of nitrogens with one attached hydrogen (secondary N) is 1. The Morgan fingerprint density at radius 1 is 1.62 bits per heavy atom. The maximum atomic E-state index is 12.3. The molecule has 7 nitrogen and oxygen atoms in total. The molecule has 0 saturated carbocycles. The standard InChI is InChI=1S/C13H17N5O2S/c1-8-10(21-7-15-8)6-18(2)13(19)11-16-12(20-17-11)9-4-3-5-14-9/h7,9,14H,3-6H2,1-2H3. The van der Waals surface area contributed by atoms with Crippen molar-refractivity contribution in [1.29, 1.82) is 0 Å². The second-order valence-electron chi connectivity index (χ2n) is 5.13. The van der Waals surface area contributed by atoms with Crippen LogP contribution in [0.3, 0.4) is 0 Å². The van der Waals surface area contributed by atoms with Gasteiger partial charge in [-0.1, -0.05) is 5.16 Å². The van der Waals surface area contributed by atoms with Gasteiger partial charge in [0.05, 0.1) is 23.8 Å². The lowest BCUT2D eigenvalue weighted by atomic mass is 10.2. The van der Waals surface area contributed by atoms with Crippen molar-refractivity contribution in [2.45, 2.75) is 32.4 Å². The van der Waals surface area contributed by atoms with Crippen molar-refractivity contribution in [3.8, 4) is 0 Å². The van der Waals surface area contributed by atoms with Gasteiger partial charge in [0.2, 0.25) is 5.89 Å². The summed E-state index contributed by atoms with van der Waals surface area (Å²) < 4.78 is 5.20. The van der Waals surface area contributed by atoms with E-state index in [0.717, 1.165) is 30.0 Å². The van der Waals surface area contributed by atoms with E-state index >= 15 is 0 Å². The molecule has 1 aliphatic rings. The van der Waals surface area contributed by atoms with Gasteiger partial charge in [-0.25, -0.2) is 4.98 Å². The van der Waals surface area contributed by atoms with Gasteiger partial charge in [-0.15, -0.1) is 11.3 Å². The van der Waals surface area contributed by atoms with Crippen LogP contribution in [0.2, 0.25) is 0 Å². The fourth-order valence-electron chi connectivity index (χ4n) is 2.29. The van der Waals surface area contributed by atoms with Crippen LogP contribution in [0.15, 0.2) is 10.0 Å². The first-order valence-electron chi connectivity index (χ1n) is 6.86. The number of aryl methyl sites for hydroxylation is 1. The second kappa shape index (κ2) is 5.90. The molecule has 1 aliphatic heterocycles. The molecule has 21 heavy (non-hydrogen) atoms. The van der Waals surface area contributed by atoms with E-state index in [1.807, 2.05) is 6.92 Å². The van der Waals surface area contributed by atoms with Gasteiger partial charge in [0.25, 0.3) is 11.7 Å². The molecule has 8 heteroatoms. The Balaban J connectivity index is 1.68. The van der Waals surface area contributed by atoms with Crippen LogP contribution in [0.1, 0.15) is 46.0 Å². The van der Waals surface area contributed by atoms with E-state index in [1.165, 1.54) is 11.3 Å². The molecule has 3 heterocycles. The van der Waals surface area contributed by atoms with E-state index in [0.29, 0.717) is 12.4 Å². The molecular formula is C13H17N5O2S. The van der Waals surface area contributed by atoms with Crippen LogP contribution in [0.4, 0.5) is 0 Å². The summed E-state index contributed by atoms with van der Waals surface area (Å²) in [6, 6.07) is 0.0769. The van der Waals surface area contributed by atoms with Gasteiger partial charge in [0.1, 0.15) is 0 Å². The Bertz CT molecular complexity index is 632. The summed E-state index contributed by atoms with van der Waals surface area (Å²) in [6.45, 7) is 3.38. The number of aromatic nitrogens is 3. The molecule has 2 aromatic heterocycles. The van der Waals surface area contributed by atoms with Gasteiger partial charge in [0, 0.05) is 11.9 Å². The largest absolute Gasteiger partial charge is 0.337 e. The van der Waals surface area contributed by atoms with Gasteiger partial charge in [-0.3, -0.25) is 4.79 Å². The van der Waals surface area contributed by atoms with Crippen molar-refractivity contribution >= 4 is 17.2 Å². The van der Waals surface area contributed by atoms with E-state index in [1.54, 1.807) is 17.5 Å². The third-order valence-corrected chi connectivity index (χ3v) is 4.48. The number of hydrogen-bond donors (Lipinski definition) is 1. The van der Waals surface area contributed by atoms with E-state index in [2.05, 4.69) is 20.4 Å². The predicted octanol–water partition coefficient (Wildman–Crippen LogP) is 1.53. The normalized spacial score (nSPS) is 18.1. The summed E-state index contributed by atoms with van der Waals surface area (Å²) in [5.41, 5.74) is 2.73. The van der Waals surface area contributed by atoms with E-state index in [9.17, 15) is 4.79 Å². The van der Waals surface area contributed by atoms with Crippen LogP contribution in [-0.2, 0) is 6.54 Å². The van der Waals surface area contributed by atoms with Gasteiger partial charge in [-0.05, 0) is 26.3 Å². The topological polar surface area (TPSA) is 84.2 Å². The van der Waals surface area contributed by atoms with E-state index in [-0.39, 0.29) is 17.8 Å². The van der Waals surface area contributed by atoms with Crippen LogP contribution < -0.4 is 5.32 Å². The monoisotopic (exact) mass is 307 g/mol. The van der Waals surface area contributed by atoms with Crippen molar-refractivity contribution in [2.75, 3.05) is 13.6 Å². The Hall–Kier alpha value is -1.80. The Morgan fingerprint density at radius 3 is 3.14 bits per heavy atom. The first-order chi connectivity index (χ1) is 10.1. The van der Waals surface area contributed by atoms with Crippen molar-refractivity contribution in [3.63, 3.8) is 0 Å². The highest BCUT2D eigenvalue weighted by atomic mass is 32.1. The van der Waals surface area contributed by atoms with Crippen molar-refractivity contribution in [1.82, 2.24) is 25.3 Å². The lowest BCUT2D eigenvalue weighted by molar-refractivity contribution is 0.0771. The average molecular weight is 307 g/mol. The summed E-state index contributed by atoms with van der Waals surface area (Å²) in [4.78, 5) is 23.4. The first kappa shape index (κ1) is 14.2. The first-order valence-corrected chi connectivity index (χ1v) is 7.74. The highest BCUT2D eigenvalue weighted by Crippen LogP contribution is 2.21. The third kappa shape index (κ3) is 2.96. The molecule has 1 saturated heterocycles. The summed E-state index contributed by atoms with van der Waals surface area (Å²) >= 11 is 1.54. The van der Waals surface area contributed by atoms with Crippen LogP contribution in [-0.4, -0.2) is 39.5 Å². The summed E-state index contributed by atoms with van der Waals surface area (Å²) in [5, 5.41) is 7.07. The fraction of sp³-hybridized carbons (Fsp3) is 0.538. The zero-order valence-electron chi connectivity index (χ0n) is 12.0. The molecule has 0 spiro atoms. The minimum absolute atomic E-state index is 0.0769. The Morgan fingerprint density at radius 2 is 2.48 bits per heavy atom. The number of thiazole rings is 1. The van der Waals surface area contributed by atoms with Gasteiger partial charge in [0.15, 0.2) is 0 Å². The Kier molecular flexibility index (Phi) is 3.98. The molecule has 3 rings (SSSR count). The summed E-state index contributed by atoms with van der Waals surface area (Å²) in [7, 11) is 1.73. The number of nitrogens with zero attached hydrogens (tertiary/aromatic N) is 4. The predicted molar refractivity (Wildman–Crippen MR) is 76.9 cm³/mol. The maximum Gasteiger partial charge on any atom is 0.295 e. The molecule has 112 valence electrons. The molecule has 0 bridgehead atoms. The highest BCUT2D eigenvalue weighted by molar-refractivity contribution is 7.09. The molecule has 0 aromatic carbocycles. The van der Waals surface area contributed by atoms with Gasteiger partial charge in [-0.2, -0.15) is 4.98 Å². The number of hydrogen-bond acceptors (Lipinski definition) is 7. The van der Waals surface area contributed by atoms with Crippen molar-refractivity contribution in [3.05, 3.63) is 27.8 Å². The van der Waals surface area contributed by atoms with Crippen molar-refractivity contribution in [2.24, 2.45) is 0 Å². The van der Waals surface area contributed by atoms with Crippen LogP contribution in [0.5, 0.6) is 0 Å².